The lowest BCUT2D eigenvalue weighted by molar-refractivity contribution is -0.114. The van der Waals surface area contributed by atoms with Crippen molar-refractivity contribution in [2.75, 3.05) is 12.4 Å². The van der Waals surface area contributed by atoms with Crippen LogP contribution in [0, 0.1) is 0 Å². The average molecular weight is 450 g/mol. The van der Waals surface area contributed by atoms with E-state index in [4.69, 9.17) is 0 Å². The fraction of sp³-hybridized carbons (Fsp3) is 0.143. The first-order chi connectivity index (χ1) is 16.5. The molecule has 34 heavy (non-hydrogen) atoms. The van der Waals surface area contributed by atoms with Gasteiger partial charge >= 0.3 is 0 Å². The number of ketones is 1. The molecule has 6 nitrogen and oxygen atoms in total. The minimum atomic E-state index is 0.0622. The van der Waals surface area contributed by atoms with E-state index >= 15 is 0 Å². The number of aliphatic imine (C=N–C) groups is 1. The van der Waals surface area contributed by atoms with Gasteiger partial charge in [0.05, 0.1) is 16.7 Å². The summed E-state index contributed by atoms with van der Waals surface area (Å²) in [5.41, 5.74) is 7.13. The van der Waals surface area contributed by atoms with Crippen molar-refractivity contribution in [3.05, 3.63) is 108 Å². The van der Waals surface area contributed by atoms with Gasteiger partial charge in [-0.15, -0.1) is 0 Å². The Bertz CT molecular complexity index is 1350. The second-order valence-corrected chi connectivity index (χ2v) is 8.01. The first-order valence-corrected chi connectivity index (χ1v) is 11.1. The summed E-state index contributed by atoms with van der Waals surface area (Å²) in [6.07, 6.45) is 6.19. The molecule has 2 aromatic carbocycles. The highest BCUT2D eigenvalue weighted by Gasteiger charge is 2.09. The second kappa shape index (κ2) is 10.5. The van der Waals surface area contributed by atoms with Crippen molar-refractivity contribution in [1.82, 2.24) is 15.0 Å². The van der Waals surface area contributed by atoms with E-state index in [9.17, 15) is 4.79 Å². The van der Waals surface area contributed by atoms with Crippen LogP contribution in [-0.4, -0.2) is 33.5 Å². The van der Waals surface area contributed by atoms with Gasteiger partial charge in [0.15, 0.2) is 5.78 Å². The third-order valence-electron chi connectivity index (χ3n) is 5.50. The molecule has 0 amide bonds. The number of fused-ring (bicyclic) bond motifs is 1. The first-order valence-electron chi connectivity index (χ1n) is 11.1. The van der Waals surface area contributed by atoms with Gasteiger partial charge in [-0.05, 0) is 66.5 Å². The number of rotatable bonds is 9. The van der Waals surface area contributed by atoms with Crippen LogP contribution in [-0.2, 0) is 11.2 Å². The van der Waals surface area contributed by atoms with Gasteiger partial charge in [-0.2, -0.15) is 0 Å². The summed E-state index contributed by atoms with van der Waals surface area (Å²) in [5, 5.41) is 3.24. The van der Waals surface area contributed by atoms with Crippen molar-refractivity contribution in [3.63, 3.8) is 0 Å². The molecule has 4 aromatic rings. The van der Waals surface area contributed by atoms with Crippen LogP contribution in [0.4, 0.5) is 5.95 Å². The molecule has 2 N–H and O–H groups in total. The minimum absolute atomic E-state index is 0.0622. The van der Waals surface area contributed by atoms with Crippen LogP contribution in [0.15, 0.2) is 96.3 Å². The predicted molar refractivity (Wildman–Crippen MR) is 139 cm³/mol. The molecule has 2 heterocycles. The van der Waals surface area contributed by atoms with Crippen LogP contribution < -0.4 is 5.32 Å². The zero-order valence-electron chi connectivity index (χ0n) is 19.4. The first kappa shape index (κ1) is 22.9. The Morgan fingerprint density at radius 2 is 1.94 bits per heavy atom. The Balaban J connectivity index is 1.38. The Labute approximate surface area is 199 Å². The molecular weight excluding hydrogens is 422 g/mol. The molecule has 0 saturated carbocycles. The molecule has 4 rings (SSSR count). The molecule has 0 atom stereocenters. The van der Waals surface area contributed by atoms with Crippen LogP contribution in [0.25, 0.3) is 16.7 Å². The average Bonchev–Trinajstić information content (AvgIpc) is 3.26. The van der Waals surface area contributed by atoms with Crippen molar-refractivity contribution in [2.45, 2.75) is 19.8 Å². The summed E-state index contributed by atoms with van der Waals surface area (Å²) < 4.78 is 0. The number of H-pyrrole nitrogens is 1. The van der Waals surface area contributed by atoms with Crippen molar-refractivity contribution in [2.24, 2.45) is 4.99 Å². The Kier molecular flexibility index (Phi) is 7.08. The number of aryl methyl sites for hydroxylation is 1. The fourth-order valence-corrected chi connectivity index (χ4v) is 3.83. The molecule has 0 aliphatic heterocycles. The third-order valence-corrected chi connectivity index (χ3v) is 5.50. The van der Waals surface area contributed by atoms with Crippen molar-refractivity contribution in [1.29, 1.82) is 0 Å². The van der Waals surface area contributed by atoms with E-state index in [2.05, 4.69) is 37.9 Å². The van der Waals surface area contributed by atoms with Gasteiger partial charge in [-0.1, -0.05) is 36.9 Å². The lowest BCUT2D eigenvalue weighted by atomic mass is 10.0. The van der Waals surface area contributed by atoms with Gasteiger partial charge in [-0.3, -0.25) is 14.8 Å². The third kappa shape index (κ3) is 5.53. The smallest absolute Gasteiger partial charge is 0.205 e. The molecule has 0 saturated heterocycles. The summed E-state index contributed by atoms with van der Waals surface area (Å²) in [6, 6.07) is 19.7. The monoisotopic (exact) mass is 449 g/mol. The van der Waals surface area contributed by atoms with Gasteiger partial charge < -0.3 is 10.3 Å². The lowest BCUT2D eigenvalue weighted by Crippen LogP contribution is -2.06. The summed E-state index contributed by atoms with van der Waals surface area (Å²) >= 11 is 0. The largest absolute Gasteiger partial charge is 0.326 e. The van der Waals surface area contributed by atoms with E-state index in [0.29, 0.717) is 18.8 Å². The van der Waals surface area contributed by atoms with Crippen LogP contribution >= 0.6 is 0 Å². The molecule has 0 aliphatic rings. The van der Waals surface area contributed by atoms with Crippen LogP contribution in [0.3, 0.4) is 0 Å². The number of aromatic amines is 1. The molecular formula is C28H27N5O. The maximum atomic E-state index is 12.6. The number of hydrogen-bond donors (Lipinski definition) is 2. The highest BCUT2D eigenvalue weighted by molar-refractivity contribution is 6.14. The zero-order chi connectivity index (χ0) is 23.9. The maximum absolute atomic E-state index is 12.6. The zero-order valence-corrected chi connectivity index (χ0v) is 19.4. The number of hydrogen-bond acceptors (Lipinski definition) is 5. The Morgan fingerprint density at radius 3 is 2.71 bits per heavy atom. The molecule has 0 radical (unpaired) electrons. The molecule has 0 fully saturated rings. The number of carbonyl (C=O) groups is 1. The van der Waals surface area contributed by atoms with Crippen molar-refractivity contribution in [3.8, 4) is 0 Å². The number of benzene rings is 2. The van der Waals surface area contributed by atoms with Crippen molar-refractivity contribution < 1.29 is 4.79 Å². The SMILES string of the molecule is C=C(Nc1nc2ccccc2[nH]1)c1cccc(CCC(=O)/C=C(C)\C(=N/C)c2cccnc2)c1. The van der Waals surface area contributed by atoms with Gasteiger partial charge in [0.25, 0.3) is 0 Å². The number of para-hydroxylation sites is 2. The van der Waals surface area contributed by atoms with E-state index in [1.165, 1.54) is 0 Å². The number of imidazole rings is 1. The molecule has 0 bridgehead atoms. The normalized spacial score (nSPS) is 12.1. The fourth-order valence-electron chi connectivity index (χ4n) is 3.83. The summed E-state index contributed by atoms with van der Waals surface area (Å²) in [5.74, 6) is 0.710. The lowest BCUT2D eigenvalue weighted by Gasteiger charge is -2.09. The van der Waals surface area contributed by atoms with Crippen molar-refractivity contribution >= 4 is 34.2 Å². The number of nitrogens with zero attached hydrogens (tertiary/aromatic N) is 3. The van der Waals surface area contributed by atoms with Gasteiger partial charge in [0.2, 0.25) is 5.95 Å². The molecule has 170 valence electrons. The van der Waals surface area contributed by atoms with Crippen LogP contribution in [0.5, 0.6) is 0 Å². The van der Waals surface area contributed by atoms with Gasteiger partial charge in [0.1, 0.15) is 0 Å². The second-order valence-electron chi connectivity index (χ2n) is 8.01. The number of pyridine rings is 1. The van der Waals surface area contributed by atoms with E-state index in [-0.39, 0.29) is 5.78 Å². The number of allylic oxidation sites excluding steroid dienone is 2. The maximum Gasteiger partial charge on any atom is 0.205 e. The van der Waals surface area contributed by atoms with Gasteiger partial charge in [0, 0.05) is 37.1 Å². The van der Waals surface area contributed by atoms with E-state index < -0.39 is 0 Å². The number of aromatic nitrogens is 3. The Morgan fingerprint density at radius 1 is 1.12 bits per heavy atom. The molecule has 0 unspecified atom stereocenters. The predicted octanol–water partition coefficient (Wildman–Crippen LogP) is 5.61. The number of anilines is 1. The Hall–Kier alpha value is -4.32. The molecule has 0 aliphatic carbocycles. The quantitative estimate of drug-likeness (QED) is 0.257. The number of carbonyl (C=O) groups excluding carboxylic acids is 1. The van der Waals surface area contributed by atoms with Crippen LogP contribution in [0.2, 0.25) is 0 Å². The molecule has 6 heteroatoms. The molecule has 2 aromatic heterocycles. The van der Waals surface area contributed by atoms with Gasteiger partial charge in [-0.25, -0.2) is 4.98 Å². The minimum Gasteiger partial charge on any atom is -0.326 e. The van der Waals surface area contributed by atoms with E-state index in [1.807, 2.05) is 61.5 Å². The van der Waals surface area contributed by atoms with E-state index in [0.717, 1.165) is 44.7 Å². The van der Waals surface area contributed by atoms with Crippen LogP contribution in [0.1, 0.15) is 30.0 Å². The highest BCUT2D eigenvalue weighted by atomic mass is 16.1. The topological polar surface area (TPSA) is 83.0 Å². The number of nitrogens with one attached hydrogen (secondary N) is 2. The van der Waals surface area contributed by atoms with E-state index in [1.54, 1.807) is 25.5 Å². The summed E-state index contributed by atoms with van der Waals surface area (Å²) in [7, 11) is 1.72. The summed E-state index contributed by atoms with van der Waals surface area (Å²) in [6.45, 7) is 6.06. The standard InChI is InChI=1S/C28H27N5O/c1-19(27(29-3)23-10-7-15-30-18-23)16-24(34)14-13-21-8-6-9-22(17-21)20(2)31-28-32-25-11-4-5-12-26(25)33-28/h4-12,15-18H,2,13-14H2,1,3H3,(H2,31,32,33)/b19-16-,29-27+. The molecule has 0 spiro atoms. The summed E-state index contributed by atoms with van der Waals surface area (Å²) in [4.78, 5) is 28.9. The highest BCUT2D eigenvalue weighted by Crippen LogP contribution is 2.20.